The smallest absolute Gasteiger partial charge is 0.355 e. The number of nitrogens with zero attached hydrogens (tertiary/aromatic N) is 2. The second kappa shape index (κ2) is 6.37. The minimum atomic E-state index is -4.39. The van der Waals surface area contributed by atoms with Crippen molar-refractivity contribution in [2.24, 2.45) is 0 Å². The van der Waals surface area contributed by atoms with Crippen LogP contribution in [0.5, 0.6) is 0 Å². The molecule has 0 saturated heterocycles. The molecule has 0 saturated carbocycles. The number of aryl methyl sites for hydroxylation is 1. The second-order valence-corrected chi connectivity index (χ2v) is 6.51. The van der Waals surface area contributed by atoms with Crippen LogP contribution in [0.3, 0.4) is 0 Å². The van der Waals surface area contributed by atoms with E-state index in [1.165, 1.54) is 12.1 Å². The number of nitrogens with one attached hydrogen (secondary N) is 1. The van der Waals surface area contributed by atoms with Crippen LogP contribution in [-0.4, -0.2) is 22.5 Å². The number of carbonyl (C=O) groups excluding carboxylic acids is 1. The standard InChI is InChI=1S/C21H16F3N3O/c1-12-3-9-18-19(26-12)16-11-13(20(28)25-2)4-10-17(16)27(18)15-7-5-14(6-8-15)21(22,23)24/h3-11H,1-2H3,(H,25,28). The van der Waals surface area contributed by atoms with E-state index < -0.39 is 11.7 Å². The molecule has 2 heterocycles. The molecular formula is C21H16F3N3O. The van der Waals surface area contributed by atoms with Crippen molar-refractivity contribution in [2.75, 3.05) is 7.05 Å². The van der Waals surface area contributed by atoms with E-state index in [4.69, 9.17) is 0 Å². The molecule has 0 radical (unpaired) electrons. The van der Waals surface area contributed by atoms with E-state index in [0.717, 1.165) is 34.2 Å². The summed E-state index contributed by atoms with van der Waals surface area (Å²) in [4.78, 5) is 16.6. The van der Waals surface area contributed by atoms with Crippen molar-refractivity contribution >= 4 is 27.8 Å². The van der Waals surface area contributed by atoms with Crippen LogP contribution < -0.4 is 5.32 Å². The molecule has 2 aromatic heterocycles. The first-order valence-electron chi connectivity index (χ1n) is 8.61. The van der Waals surface area contributed by atoms with Gasteiger partial charge in [0.2, 0.25) is 0 Å². The Balaban J connectivity index is 2.00. The number of pyridine rings is 1. The van der Waals surface area contributed by atoms with Gasteiger partial charge in [0.15, 0.2) is 0 Å². The van der Waals surface area contributed by atoms with Gasteiger partial charge < -0.3 is 9.88 Å². The van der Waals surface area contributed by atoms with Gasteiger partial charge >= 0.3 is 6.18 Å². The van der Waals surface area contributed by atoms with Gasteiger partial charge in [-0.25, -0.2) is 0 Å². The number of hydrogen-bond acceptors (Lipinski definition) is 2. The Bertz CT molecular complexity index is 1210. The Morgan fingerprint density at radius 3 is 2.32 bits per heavy atom. The first-order valence-corrected chi connectivity index (χ1v) is 8.61. The summed E-state index contributed by atoms with van der Waals surface area (Å²) in [5.74, 6) is -0.218. The van der Waals surface area contributed by atoms with Gasteiger partial charge in [-0.3, -0.25) is 9.78 Å². The number of carbonyl (C=O) groups is 1. The normalized spacial score (nSPS) is 11.9. The zero-order chi connectivity index (χ0) is 20.1. The van der Waals surface area contributed by atoms with E-state index >= 15 is 0 Å². The van der Waals surface area contributed by atoms with Crippen molar-refractivity contribution in [3.63, 3.8) is 0 Å². The number of fused-ring (bicyclic) bond motifs is 3. The summed E-state index contributed by atoms with van der Waals surface area (Å²) < 4.78 is 40.6. The predicted molar refractivity (Wildman–Crippen MR) is 102 cm³/mol. The lowest BCUT2D eigenvalue weighted by molar-refractivity contribution is -0.137. The summed E-state index contributed by atoms with van der Waals surface area (Å²) in [6, 6.07) is 14.0. The van der Waals surface area contributed by atoms with Gasteiger partial charge in [-0.2, -0.15) is 13.2 Å². The maximum absolute atomic E-state index is 12.9. The van der Waals surface area contributed by atoms with Crippen LogP contribution in [0.15, 0.2) is 54.6 Å². The zero-order valence-electron chi connectivity index (χ0n) is 15.1. The third-order valence-electron chi connectivity index (χ3n) is 4.69. The molecular weight excluding hydrogens is 367 g/mol. The van der Waals surface area contributed by atoms with E-state index in [1.54, 1.807) is 25.2 Å². The monoisotopic (exact) mass is 383 g/mol. The SMILES string of the molecule is CNC(=O)c1ccc2c(c1)c1nc(C)ccc1n2-c1ccc(C(F)(F)F)cc1. The molecule has 2 aromatic carbocycles. The lowest BCUT2D eigenvalue weighted by atomic mass is 10.1. The average molecular weight is 383 g/mol. The summed E-state index contributed by atoms with van der Waals surface area (Å²) in [6.45, 7) is 1.86. The Hall–Kier alpha value is -3.35. The van der Waals surface area contributed by atoms with Crippen LogP contribution in [0.25, 0.3) is 27.6 Å². The van der Waals surface area contributed by atoms with Gasteiger partial charge in [-0.15, -0.1) is 0 Å². The maximum Gasteiger partial charge on any atom is 0.416 e. The highest BCUT2D eigenvalue weighted by atomic mass is 19.4. The number of aromatic nitrogens is 2. The number of halogens is 3. The summed E-state index contributed by atoms with van der Waals surface area (Å²) in [6.07, 6.45) is -4.39. The molecule has 28 heavy (non-hydrogen) atoms. The van der Waals surface area contributed by atoms with E-state index in [-0.39, 0.29) is 5.91 Å². The van der Waals surface area contributed by atoms with Gasteiger partial charge in [-0.1, -0.05) is 0 Å². The van der Waals surface area contributed by atoms with E-state index in [9.17, 15) is 18.0 Å². The maximum atomic E-state index is 12.9. The van der Waals surface area contributed by atoms with Crippen molar-refractivity contribution in [2.45, 2.75) is 13.1 Å². The number of alkyl halides is 3. The van der Waals surface area contributed by atoms with Crippen molar-refractivity contribution in [1.82, 2.24) is 14.9 Å². The lowest BCUT2D eigenvalue weighted by Crippen LogP contribution is -2.17. The summed E-state index contributed by atoms with van der Waals surface area (Å²) in [7, 11) is 1.56. The molecule has 0 aliphatic rings. The fourth-order valence-corrected chi connectivity index (χ4v) is 3.34. The number of hydrogen-bond donors (Lipinski definition) is 1. The molecule has 0 bridgehead atoms. The predicted octanol–water partition coefficient (Wildman–Crippen LogP) is 4.87. The van der Waals surface area contributed by atoms with Crippen LogP contribution in [0, 0.1) is 6.92 Å². The number of benzene rings is 2. The van der Waals surface area contributed by atoms with Crippen LogP contribution in [0.2, 0.25) is 0 Å². The third kappa shape index (κ3) is 2.89. The molecule has 0 fully saturated rings. The Kier molecular flexibility index (Phi) is 4.10. The first kappa shape index (κ1) is 18.0. The Morgan fingerprint density at radius 2 is 1.68 bits per heavy atom. The number of amides is 1. The highest BCUT2D eigenvalue weighted by Crippen LogP contribution is 2.34. The van der Waals surface area contributed by atoms with Crippen molar-refractivity contribution < 1.29 is 18.0 Å². The zero-order valence-corrected chi connectivity index (χ0v) is 15.1. The first-order chi connectivity index (χ1) is 13.3. The molecule has 1 N–H and O–H groups in total. The molecule has 0 aliphatic heterocycles. The molecule has 4 rings (SSSR count). The lowest BCUT2D eigenvalue weighted by Gasteiger charge is -2.10. The van der Waals surface area contributed by atoms with Gasteiger partial charge in [0.25, 0.3) is 5.91 Å². The van der Waals surface area contributed by atoms with Crippen LogP contribution in [0.1, 0.15) is 21.6 Å². The van der Waals surface area contributed by atoms with E-state index in [2.05, 4.69) is 10.3 Å². The van der Waals surface area contributed by atoms with E-state index in [0.29, 0.717) is 16.8 Å². The molecule has 1 amide bonds. The van der Waals surface area contributed by atoms with Crippen LogP contribution >= 0.6 is 0 Å². The van der Waals surface area contributed by atoms with Gasteiger partial charge in [0, 0.05) is 29.4 Å². The summed E-state index contributed by atoms with van der Waals surface area (Å²) >= 11 is 0. The largest absolute Gasteiger partial charge is 0.416 e. The van der Waals surface area contributed by atoms with Crippen molar-refractivity contribution in [1.29, 1.82) is 0 Å². The van der Waals surface area contributed by atoms with Gasteiger partial charge in [0.1, 0.15) is 0 Å². The Morgan fingerprint density at radius 1 is 1.00 bits per heavy atom. The topological polar surface area (TPSA) is 46.9 Å². The summed E-state index contributed by atoms with van der Waals surface area (Å²) in [5.41, 5.74) is 3.41. The van der Waals surface area contributed by atoms with E-state index in [1.807, 2.05) is 23.6 Å². The van der Waals surface area contributed by atoms with Crippen molar-refractivity contribution in [3.8, 4) is 5.69 Å². The van der Waals surface area contributed by atoms with Crippen molar-refractivity contribution in [3.05, 3.63) is 71.4 Å². The molecule has 0 aliphatic carbocycles. The molecule has 4 nitrogen and oxygen atoms in total. The molecule has 7 heteroatoms. The van der Waals surface area contributed by atoms with Crippen LogP contribution in [0.4, 0.5) is 13.2 Å². The third-order valence-corrected chi connectivity index (χ3v) is 4.69. The fraction of sp³-hybridized carbons (Fsp3) is 0.143. The molecule has 0 atom stereocenters. The van der Waals surface area contributed by atoms with Gasteiger partial charge in [0.05, 0.1) is 22.1 Å². The molecule has 4 aromatic rings. The minimum absolute atomic E-state index is 0.218. The average Bonchev–Trinajstić information content (AvgIpc) is 2.99. The number of rotatable bonds is 2. The molecule has 0 unspecified atom stereocenters. The minimum Gasteiger partial charge on any atom is -0.355 e. The highest BCUT2D eigenvalue weighted by molar-refractivity contribution is 6.09. The second-order valence-electron chi connectivity index (χ2n) is 6.51. The molecule has 142 valence electrons. The Labute approximate surface area is 158 Å². The molecule has 0 spiro atoms. The van der Waals surface area contributed by atoms with Gasteiger partial charge in [-0.05, 0) is 61.5 Å². The quantitative estimate of drug-likeness (QED) is 0.537. The fourth-order valence-electron chi connectivity index (χ4n) is 3.34. The summed E-state index contributed by atoms with van der Waals surface area (Å²) in [5, 5.41) is 3.36. The van der Waals surface area contributed by atoms with Crippen LogP contribution in [-0.2, 0) is 6.18 Å². The highest BCUT2D eigenvalue weighted by Gasteiger charge is 2.30.